The summed E-state index contributed by atoms with van der Waals surface area (Å²) in [6, 6.07) is 12.4. The zero-order chi connectivity index (χ0) is 15.5. The summed E-state index contributed by atoms with van der Waals surface area (Å²) in [5.74, 6) is 0.977. The molecule has 0 radical (unpaired) electrons. The van der Waals surface area contributed by atoms with E-state index >= 15 is 0 Å². The maximum atomic E-state index is 5.74. The Kier molecular flexibility index (Phi) is 4.15. The van der Waals surface area contributed by atoms with Gasteiger partial charge in [0.2, 0.25) is 0 Å². The number of thiocarbonyl (C=S) groups is 1. The van der Waals surface area contributed by atoms with Gasteiger partial charge in [0.15, 0.2) is 5.65 Å². The van der Waals surface area contributed by atoms with Gasteiger partial charge in [0.25, 0.3) is 0 Å². The van der Waals surface area contributed by atoms with Crippen molar-refractivity contribution in [1.82, 2.24) is 14.5 Å². The third kappa shape index (κ3) is 3.14. The molecule has 0 bridgehead atoms. The molecule has 2 aromatic heterocycles. The third-order valence-corrected chi connectivity index (χ3v) is 3.72. The van der Waals surface area contributed by atoms with Crippen LogP contribution in [-0.4, -0.2) is 19.5 Å². The van der Waals surface area contributed by atoms with Gasteiger partial charge in [-0.2, -0.15) is 0 Å². The number of imidazole rings is 1. The first-order chi connectivity index (χ1) is 10.6. The molecule has 0 unspecified atom stereocenters. The Labute approximate surface area is 135 Å². The highest BCUT2D eigenvalue weighted by molar-refractivity contribution is 7.80. The maximum absolute atomic E-state index is 5.74. The molecule has 1 aromatic carbocycles. The van der Waals surface area contributed by atoms with Crippen molar-refractivity contribution >= 4 is 28.4 Å². The lowest BCUT2D eigenvalue weighted by Gasteiger charge is -2.07. The van der Waals surface area contributed by atoms with Crippen molar-refractivity contribution < 1.29 is 0 Å². The Balaban J connectivity index is 1.94. The van der Waals surface area contributed by atoms with E-state index in [9.17, 15) is 0 Å². The van der Waals surface area contributed by atoms with Crippen LogP contribution in [0.2, 0.25) is 0 Å². The van der Waals surface area contributed by atoms with Gasteiger partial charge in [-0.15, -0.1) is 0 Å². The summed E-state index contributed by atoms with van der Waals surface area (Å²) >= 11 is 5.07. The molecule has 4 nitrogen and oxygen atoms in total. The van der Waals surface area contributed by atoms with E-state index < -0.39 is 0 Å². The number of hydrogen-bond acceptors (Lipinski definition) is 3. The summed E-state index contributed by atoms with van der Waals surface area (Å²) in [5.41, 5.74) is 9.88. The molecular weight excluding hydrogens is 292 g/mol. The van der Waals surface area contributed by atoms with Gasteiger partial charge >= 0.3 is 0 Å². The molecule has 0 amide bonds. The third-order valence-electron chi connectivity index (χ3n) is 3.59. The molecule has 0 aliphatic rings. The molecule has 0 saturated heterocycles. The number of rotatable bonds is 5. The molecule has 22 heavy (non-hydrogen) atoms. The average molecular weight is 310 g/mol. The van der Waals surface area contributed by atoms with E-state index in [1.807, 2.05) is 29.8 Å². The lowest BCUT2D eigenvalue weighted by Crippen LogP contribution is -2.19. The van der Waals surface area contributed by atoms with Gasteiger partial charge in [0.1, 0.15) is 11.3 Å². The second-order valence-corrected chi connectivity index (χ2v) is 5.95. The Morgan fingerprint density at radius 3 is 2.73 bits per heavy atom. The normalized spacial score (nSPS) is 11.0. The lowest BCUT2D eigenvalue weighted by molar-refractivity contribution is 0.754. The Morgan fingerprint density at radius 2 is 2.00 bits per heavy atom. The van der Waals surface area contributed by atoms with Crippen LogP contribution in [0.5, 0.6) is 0 Å². The highest BCUT2D eigenvalue weighted by Gasteiger charge is 2.12. The Hall–Kier alpha value is -2.27. The highest BCUT2D eigenvalue weighted by atomic mass is 32.1. The number of nitrogens with zero attached hydrogens (tertiary/aromatic N) is 3. The Bertz CT molecular complexity index is 808. The number of aryl methyl sites for hydroxylation is 3. The lowest BCUT2D eigenvalue weighted by atomic mass is 10.1. The SMILES string of the molecule is Cc1cnc2c(c1)nc(CCc1ccccc1)n2CC(N)=S. The molecule has 2 heterocycles. The van der Waals surface area contributed by atoms with E-state index in [1.165, 1.54) is 5.56 Å². The van der Waals surface area contributed by atoms with Crippen molar-refractivity contribution in [3.05, 3.63) is 59.5 Å². The van der Waals surface area contributed by atoms with E-state index in [2.05, 4.69) is 29.2 Å². The van der Waals surface area contributed by atoms with Crippen molar-refractivity contribution in [3.63, 3.8) is 0 Å². The van der Waals surface area contributed by atoms with Crippen molar-refractivity contribution in [1.29, 1.82) is 0 Å². The number of hydrogen-bond donors (Lipinski definition) is 1. The zero-order valence-corrected chi connectivity index (χ0v) is 13.3. The van der Waals surface area contributed by atoms with Crippen LogP contribution in [0.25, 0.3) is 11.2 Å². The minimum absolute atomic E-state index is 0.447. The molecule has 3 rings (SSSR count). The average Bonchev–Trinajstić information content (AvgIpc) is 2.82. The zero-order valence-electron chi connectivity index (χ0n) is 12.5. The molecule has 0 saturated carbocycles. The standard InChI is InChI=1S/C17H18N4S/c1-12-9-14-17(19-10-12)21(11-15(18)22)16(20-14)8-7-13-5-3-2-4-6-13/h2-6,9-10H,7-8,11H2,1H3,(H2,18,22). The fourth-order valence-corrected chi connectivity index (χ4v) is 2.70. The van der Waals surface area contributed by atoms with Crippen LogP contribution in [0.3, 0.4) is 0 Å². The predicted molar refractivity (Wildman–Crippen MR) is 92.9 cm³/mol. The van der Waals surface area contributed by atoms with Crippen molar-refractivity contribution in [2.45, 2.75) is 26.3 Å². The number of aromatic nitrogens is 3. The van der Waals surface area contributed by atoms with Gasteiger partial charge in [-0.25, -0.2) is 9.97 Å². The smallest absolute Gasteiger partial charge is 0.160 e. The molecular formula is C17H18N4S. The van der Waals surface area contributed by atoms with Gasteiger partial charge in [-0.1, -0.05) is 42.5 Å². The van der Waals surface area contributed by atoms with Crippen LogP contribution in [0.4, 0.5) is 0 Å². The first-order valence-electron chi connectivity index (χ1n) is 7.27. The topological polar surface area (TPSA) is 56.7 Å². The number of fused-ring (bicyclic) bond motifs is 1. The molecule has 0 spiro atoms. The van der Waals surface area contributed by atoms with E-state index in [0.29, 0.717) is 11.5 Å². The summed E-state index contributed by atoms with van der Waals surface area (Å²) in [6.07, 6.45) is 3.61. The highest BCUT2D eigenvalue weighted by Crippen LogP contribution is 2.17. The molecule has 0 aliphatic carbocycles. The first kappa shape index (κ1) is 14.7. The van der Waals surface area contributed by atoms with E-state index in [-0.39, 0.29) is 0 Å². The molecule has 2 N–H and O–H groups in total. The Morgan fingerprint density at radius 1 is 1.23 bits per heavy atom. The number of benzene rings is 1. The van der Waals surface area contributed by atoms with Crippen LogP contribution < -0.4 is 5.73 Å². The predicted octanol–water partition coefficient (Wildman–Crippen LogP) is 2.81. The molecule has 112 valence electrons. The summed E-state index contributed by atoms with van der Waals surface area (Å²) in [5, 5.41) is 0. The number of pyridine rings is 1. The second kappa shape index (κ2) is 6.23. The van der Waals surface area contributed by atoms with Gasteiger partial charge in [-0.05, 0) is 30.5 Å². The molecule has 0 fully saturated rings. The van der Waals surface area contributed by atoms with Gasteiger partial charge in [-0.3, -0.25) is 0 Å². The summed E-state index contributed by atoms with van der Waals surface area (Å²) in [4.78, 5) is 9.67. The largest absolute Gasteiger partial charge is 0.392 e. The van der Waals surface area contributed by atoms with Gasteiger partial charge < -0.3 is 10.3 Å². The van der Waals surface area contributed by atoms with Gasteiger partial charge in [0.05, 0.1) is 11.5 Å². The van der Waals surface area contributed by atoms with Crippen LogP contribution in [0.15, 0.2) is 42.6 Å². The van der Waals surface area contributed by atoms with Crippen molar-refractivity contribution in [2.24, 2.45) is 5.73 Å². The van der Waals surface area contributed by atoms with Crippen LogP contribution in [-0.2, 0) is 19.4 Å². The van der Waals surface area contributed by atoms with E-state index in [0.717, 1.165) is 35.4 Å². The molecule has 5 heteroatoms. The number of nitrogens with two attached hydrogens (primary N) is 1. The fourth-order valence-electron chi connectivity index (χ4n) is 2.57. The minimum Gasteiger partial charge on any atom is -0.392 e. The maximum Gasteiger partial charge on any atom is 0.160 e. The van der Waals surface area contributed by atoms with Crippen molar-refractivity contribution in [2.75, 3.05) is 0 Å². The quantitative estimate of drug-likeness (QED) is 0.736. The van der Waals surface area contributed by atoms with Crippen LogP contribution in [0.1, 0.15) is 17.0 Å². The second-order valence-electron chi connectivity index (χ2n) is 5.42. The van der Waals surface area contributed by atoms with E-state index in [4.69, 9.17) is 22.9 Å². The van der Waals surface area contributed by atoms with Gasteiger partial charge in [0, 0.05) is 12.6 Å². The summed E-state index contributed by atoms with van der Waals surface area (Å²) < 4.78 is 2.03. The molecule has 0 aliphatic heterocycles. The van der Waals surface area contributed by atoms with Crippen LogP contribution >= 0.6 is 12.2 Å². The monoisotopic (exact) mass is 310 g/mol. The first-order valence-corrected chi connectivity index (χ1v) is 7.68. The minimum atomic E-state index is 0.447. The van der Waals surface area contributed by atoms with Crippen molar-refractivity contribution in [3.8, 4) is 0 Å². The van der Waals surface area contributed by atoms with Crippen LogP contribution in [0, 0.1) is 6.92 Å². The van der Waals surface area contributed by atoms with E-state index in [1.54, 1.807) is 0 Å². The molecule has 3 aromatic rings. The summed E-state index contributed by atoms with van der Waals surface area (Å²) in [7, 11) is 0. The fraction of sp³-hybridized carbons (Fsp3) is 0.235. The molecule has 0 atom stereocenters. The summed E-state index contributed by atoms with van der Waals surface area (Å²) in [6.45, 7) is 2.49.